The fourth-order valence-electron chi connectivity index (χ4n) is 5.92. The average molecular weight is 622 g/mol. The quantitative estimate of drug-likeness (QED) is 0.349. The van der Waals surface area contributed by atoms with Crippen molar-refractivity contribution in [3.05, 3.63) is 119 Å². The van der Waals surface area contributed by atoms with Crippen molar-refractivity contribution in [2.24, 2.45) is 11.8 Å². The summed E-state index contributed by atoms with van der Waals surface area (Å²) in [5.41, 5.74) is 8.90. The predicted molar refractivity (Wildman–Crippen MR) is 122 cm³/mol. The van der Waals surface area contributed by atoms with E-state index in [-0.39, 0.29) is 50.7 Å². The minimum Gasteiger partial charge on any atom is -1.00 e. The summed E-state index contributed by atoms with van der Waals surface area (Å²) in [4.78, 5) is 0. The molecule has 2 unspecified atom stereocenters. The number of hydrogen-bond acceptors (Lipinski definition) is 0. The second-order valence-electron chi connectivity index (χ2n) is 8.34. The molecule has 160 valence electrons. The van der Waals surface area contributed by atoms with Crippen LogP contribution in [0.3, 0.4) is 0 Å². The summed E-state index contributed by atoms with van der Waals surface area (Å²) in [5, 5.41) is 2.88. The Labute approximate surface area is 221 Å². The van der Waals surface area contributed by atoms with E-state index < -0.39 is 0 Å². The molecule has 3 heteroatoms. The van der Waals surface area contributed by atoms with Crippen molar-refractivity contribution in [2.45, 2.75) is 19.3 Å². The third-order valence-corrected chi connectivity index (χ3v) is 7.03. The number of rotatable bonds is 3. The van der Waals surface area contributed by atoms with Crippen LogP contribution >= 0.6 is 0 Å². The number of fused-ring (bicyclic) bond motifs is 5. The van der Waals surface area contributed by atoms with E-state index in [0.29, 0.717) is 17.8 Å². The first kappa shape index (κ1) is 25.0. The van der Waals surface area contributed by atoms with Gasteiger partial charge < -0.3 is 24.8 Å². The minimum atomic E-state index is 0. The molecule has 0 N–H and O–H groups in total. The van der Waals surface area contributed by atoms with Crippen LogP contribution in [0.2, 0.25) is 0 Å². The van der Waals surface area contributed by atoms with Gasteiger partial charge in [-0.2, -0.15) is 0 Å². The zero-order valence-corrected chi connectivity index (χ0v) is 23.0. The fraction of sp³-hybridized carbons (Fsp3) is 0.172. The van der Waals surface area contributed by atoms with E-state index in [1.807, 2.05) is 0 Å². The Bertz CT molecular complexity index is 1270. The maximum atomic E-state index is 2.40. The Hall–Kier alpha value is -1.67. The maximum Gasteiger partial charge on any atom is 0.0249 e. The molecular weight excluding hydrogens is 598 g/mol. The molecule has 0 aliphatic heterocycles. The Balaban J connectivity index is 0.000000963. The van der Waals surface area contributed by atoms with E-state index >= 15 is 0 Å². The molecular formula is C29H24Cl2Hf-2. The van der Waals surface area contributed by atoms with Gasteiger partial charge in [-0.25, -0.2) is 0 Å². The first-order valence-corrected chi connectivity index (χ1v) is 10.7. The molecule has 0 bridgehead atoms. The standard InChI is InChI=1S/C29H24.2ClH.Hf/c1-2-19(28-24-15-7-3-11-20(24)21-12-4-8-16-25(21)28)29-26-17-9-5-13-22(26)23-14-6-10-18-27(23)29;;;/h3-19,24,29H,2H2,1H3;2*1H;/p-2. The largest absolute Gasteiger partial charge is 1.00 e. The molecule has 3 aliphatic rings. The fourth-order valence-corrected chi connectivity index (χ4v) is 5.92. The molecule has 3 aliphatic carbocycles. The molecule has 0 saturated heterocycles. The van der Waals surface area contributed by atoms with Crippen molar-refractivity contribution in [3.63, 3.8) is 0 Å². The molecule has 0 saturated carbocycles. The number of allylic oxidation sites excluding steroid dienone is 4. The molecule has 2 atom stereocenters. The number of halogens is 2. The van der Waals surface area contributed by atoms with Crippen molar-refractivity contribution in [3.8, 4) is 11.1 Å². The molecule has 0 heterocycles. The molecule has 3 aromatic carbocycles. The molecule has 0 fully saturated rings. The van der Waals surface area contributed by atoms with Gasteiger partial charge in [-0.3, -0.25) is 0 Å². The minimum absolute atomic E-state index is 0. The van der Waals surface area contributed by atoms with Crippen LogP contribution < -0.4 is 35.3 Å². The first-order chi connectivity index (χ1) is 14.4. The molecule has 6 rings (SSSR count). The van der Waals surface area contributed by atoms with Crippen LogP contribution in [0, 0.1) is 11.8 Å². The summed E-state index contributed by atoms with van der Waals surface area (Å²) in [5.74, 6) is 1.32. The normalized spacial score (nSPS) is 17.8. The Morgan fingerprint density at radius 1 is 0.719 bits per heavy atom. The number of benzene rings is 3. The van der Waals surface area contributed by atoms with Gasteiger partial charge in [0.05, 0.1) is 0 Å². The molecule has 0 amide bonds. The van der Waals surface area contributed by atoms with E-state index in [2.05, 4.69) is 104 Å². The second-order valence-corrected chi connectivity index (χ2v) is 8.34. The van der Waals surface area contributed by atoms with E-state index in [4.69, 9.17) is 0 Å². The summed E-state index contributed by atoms with van der Waals surface area (Å²) >= 11 is 0. The van der Waals surface area contributed by atoms with Crippen LogP contribution in [0.25, 0.3) is 22.3 Å². The van der Waals surface area contributed by atoms with E-state index in [1.54, 1.807) is 5.57 Å². The van der Waals surface area contributed by atoms with Crippen LogP contribution in [0.15, 0.2) is 97.1 Å². The molecule has 0 nitrogen and oxygen atoms in total. The van der Waals surface area contributed by atoms with Crippen molar-refractivity contribution < 1.29 is 50.7 Å². The predicted octanol–water partition coefficient (Wildman–Crippen LogP) is -0.412. The van der Waals surface area contributed by atoms with Crippen molar-refractivity contribution >= 4 is 11.1 Å². The van der Waals surface area contributed by atoms with Gasteiger partial charge in [0.1, 0.15) is 0 Å². The number of hydrogen-bond donors (Lipinski definition) is 0. The van der Waals surface area contributed by atoms with Crippen LogP contribution in [0.1, 0.15) is 30.4 Å². The van der Waals surface area contributed by atoms with Crippen LogP contribution in [0.5, 0.6) is 0 Å². The van der Waals surface area contributed by atoms with Gasteiger partial charge >= 0.3 is 0 Å². The Kier molecular flexibility index (Phi) is 7.86. The molecule has 3 aromatic rings. The van der Waals surface area contributed by atoms with Crippen molar-refractivity contribution in [1.29, 1.82) is 0 Å². The van der Waals surface area contributed by atoms with E-state index in [0.717, 1.165) is 6.42 Å². The maximum absolute atomic E-state index is 2.40. The summed E-state index contributed by atoms with van der Waals surface area (Å²) in [7, 11) is 0. The average Bonchev–Trinajstić information content (AvgIpc) is 3.29. The van der Waals surface area contributed by atoms with Gasteiger partial charge in [-0.1, -0.05) is 104 Å². The van der Waals surface area contributed by atoms with Gasteiger partial charge in [-0.15, -0.1) is 0 Å². The molecule has 0 spiro atoms. The third kappa shape index (κ3) is 3.63. The smallest absolute Gasteiger partial charge is 0.0249 e. The Morgan fingerprint density at radius 2 is 1.28 bits per heavy atom. The first-order valence-electron chi connectivity index (χ1n) is 10.7. The van der Waals surface area contributed by atoms with Crippen LogP contribution in [-0.4, -0.2) is 0 Å². The topological polar surface area (TPSA) is 0 Å². The van der Waals surface area contributed by atoms with Crippen LogP contribution in [-0.2, 0) is 25.8 Å². The Morgan fingerprint density at radius 3 is 1.91 bits per heavy atom. The van der Waals surface area contributed by atoms with E-state index in [9.17, 15) is 0 Å². The second kappa shape index (κ2) is 10.1. The van der Waals surface area contributed by atoms with Gasteiger partial charge in [-0.05, 0) is 56.2 Å². The molecule has 0 radical (unpaired) electrons. The monoisotopic (exact) mass is 622 g/mol. The zero-order chi connectivity index (χ0) is 19.4. The van der Waals surface area contributed by atoms with Crippen molar-refractivity contribution in [2.75, 3.05) is 0 Å². The van der Waals surface area contributed by atoms with E-state index in [1.165, 1.54) is 38.3 Å². The summed E-state index contributed by atoms with van der Waals surface area (Å²) in [6, 6.07) is 27.1. The summed E-state index contributed by atoms with van der Waals surface area (Å²) < 4.78 is 0. The van der Waals surface area contributed by atoms with Gasteiger partial charge in [0.15, 0.2) is 0 Å². The third-order valence-electron chi connectivity index (χ3n) is 7.03. The zero-order valence-electron chi connectivity index (χ0n) is 17.9. The molecule has 32 heavy (non-hydrogen) atoms. The van der Waals surface area contributed by atoms with Gasteiger partial charge in [0, 0.05) is 37.7 Å². The molecule has 0 aromatic heterocycles. The SMILES string of the molecule is CCC(C1=c2ccccc2=C2C=CC=CC21)C1c2ccccc2-c2ccccc21.[Cl-].[Cl-].[Hf]. The summed E-state index contributed by atoms with van der Waals surface area (Å²) in [6.07, 6.45) is 10.3. The van der Waals surface area contributed by atoms with Gasteiger partial charge in [0.2, 0.25) is 0 Å². The van der Waals surface area contributed by atoms with Crippen LogP contribution in [0.4, 0.5) is 0 Å². The van der Waals surface area contributed by atoms with Crippen molar-refractivity contribution in [1.82, 2.24) is 0 Å². The van der Waals surface area contributed by atoms with Gasteiger partial charge in [0.25, 0.3) is 0 Å². The summed E-state index contributed by atoms with van der Waals surface area (Å²) in [6.45, 7) is 2.37.